The van der Waals surface area contributed by atoms with Crippen LogP contribution in [0.1, 0.15) is 51.0 Å². The number of benzene rings is 1. The fraction of sp³-hybridized carbons (Fsp3) is 0.667. The molecule has 1 saturated carbocycles. The number of likely N-dealkylation sites (tertiary alicyclic amines) is 1. The van der Waals surface area contributed by atoms with Crippen molar-refractivity contribution in [2.45, 2.75) is 58.0 Å². The molecule has 1 aromatic carbocycles. The van der Waals surface area contributed by atoms with Crippen LogP contribution in [0.3, 0.4) is 0 Å². The lowest BCUT2D eigenvalue weighted by Crippen LogP contribution is -2.24. The smallest absolute Gasteiger partial charge is 0.0345 e. The molecule has 0 spiro atoms. The molecule has 2 heteroatoms. The van der Waals surface area contributed by atoms with Crippen molar-refractivity contribution in [2.75, 3.05) is 18.4 Å². The highest BCUT2D eigenvalue weighted by molar-refractivity contribution is 5.46. The van der Waals surface area contributed by atoms with E-state index < -0.39 is 0 Å². The first-order valence-electron chi connectivity index (χ1n) is 8.39. The molecule has 0 amide bonds. The zero-order chi connectivity index (χ0) is 13.8. The molecular formula is C18H28N2. The molecule has 2 aliphatic rings. The summed E-state index contributed by atoms with van der Waals surface area (Å²) in [6.07, 6.45) is 8.40. The molecule has 3 rings (SSSR count). The van der Waals surface area contributed by atoms with Crippen molar-refractivity contribution in [3.05, 3.63) is 29.8 Å². The van der Waals surface area contributed by atoms with E-state index in [-0.39, 0.29) is 0 Å². The van der Waals surface area contributed by atoms with Crippen LogP contribution in [0.15, 0.2) is 24.3 Å². The van der Waals surface area contributed by atoms with Crippen molar-refractivity contribution in [3.8, 4) is 0 Å². The Hall–Kier alpha value is -1.02. The minimum absolute atomic E-state index is 0.611. The van der Waals surface area contributed by atoms with E-state index in [4.69, 9.17) is 0 Å². The third-order valence-corrected chi connectivity index (χ3v) is 5.03. The molecule has 20 heavy (non-hydrogen) atoms. The molecule has 2 nitrogen and oxygen atoms in total. The molecule has 1 heterocycles. The molecule has 1 N–H and O–H groups in total. The van der Waals surface area contributed by atoms with E-state index in [2.05, 4.69) is 41.4 Å². The highest BCUT2D eigenvalue weighted by atomic mass is 15.1. The van der Waals surface area contributed by atoms with Gasteiger partial charge in [0.15, 0.2) is 0 Å². The van der Waals surface area contributed by atoms with Crippen molar-refractivity contribution in [3.63, 3.8) is 0 Å². The van der Waals surface area contributed by atoms with Crippen LogP contribution in [0.5, 0.6) is 0 Å². The maximum Gasteiger partial charge on any atom is 0.0345 e. The monoisotopic (exact) mass is 272 g/mol. The van der Waals surface area contributed by atoms with E-state index in [1.54, 1.807) is 0 Å². The number of nitrogens with zero attached hydrogens (tertiary/aromatic N) is 1. The van der Waals surface area contributed by atoms with Gasteiger partial charge in [-0.2, -0.15) is 0 Å². The first-order chi connectivity index (χ1) is 9.81. The highest BCUT2D eigenvalue weighted by Crippen LogP contribution is 2.29. The zero-order valence-electron chi connectivity index (χ0n) is 12.8. The first-order valence-corrected chi connectivity index (χ1v) is 8.39. The SMILES string of the molecule is CC(Nc1cccc(CN2CCCC2)c1)C1CCCC1. The van der Waals surface area contributed by atoms with Crippen LogP contribution in [0.25, 0.3) is 0 Å². The first kappa shape index (κ1) is 13.9. The quantitative estimate of drug-likeness (QED) is 0.861. The maximum atomic E-state index is 3.73. The Balaban J connectivity index is 1.58. The molecule has 0 bridgehead atoms. The van der Waals surface area contributed by atoms with E-state index >= 15 is 0 Å². The zero-order valence-corrected chi connectivity index (χ0v) is 12.8. The largest absolute Gasteiger partial charge is 0.382 e. The summed E-state index contributed by atoms with van der Waals surface area (Å²) in [7, 11) is 0. The second-order valence-electron chi connectivity index (χ2n) is 6.66. The van der Waals surface area contributed by atoms with E-state index in [0.717, 1.165) is 12.5 Å². The molecule has 1 aliphatic carbocycles. The summed E-state index contributed by atoms with van der Waals surface area (Å²) in [5, 5.41) is 3.73. The van der Waals surface area contributed by atoms with Crippen LogP contribution in [0, 0.1) is 5.92 Å². The number of rotatable bonds is 5. The van der Waals surface area contributed by atoms with Crippen LogP contribution in [0.2, 0.25) is 0 Å². The Kier molecular flexibility index (Phi) is 4.62. The Bertz CT molecular complexity index is 417. The van der Waals surface area contributed by atoms with Gasteiger partial charge in [-0.25, -0.2) is 0 Å². The predicted molar refractivity (Wildman–Crippen MR) is 86.0 cm³/mol. The van der Waals surface area contributed by atoms with E-state index in [0.29, 0.717) is 6.04 Å². The molecule has 1 atom stereocenters. The Morgan fingerprint density at radius 2 is 1.90 bits per heavy atom. The molecule has 1 aromatic rings. The molecular weight excluding hydrogens is 244 g/mol. The van der Waals surface area contributed by atoms with Gasteiger partial charge >= 0.3 is 0 Å². The lowest BCUT2D eigenvalue weighted by molar-refractivity contribution is 0.331. The summed E-state index contributed by atoms with van der Waals surface area (Å²) in [5.41, 5.74) is 2.76. The van der Waals surface area contributed by atoms with Gasteiger partial charge in [-0.05, 0) is 69.3 Å². The highest BCUT2D eigenvalue weighted by Gasteiger charge is 2.21. The number of hydrogen-bond donors (Lipinski definition) is 1. The van der Waals surface area contributed by atoms with Gasteiger partial charge in [0.2, 0.25) is 0 Å². The molecule has 0 aromatic heterocycles. The molecule has 1 saturated heterocycles. The second kappa shape index (κ2) is 6.62. The number of nitrogens with one attached hydrogen (secondary N) is 1. The second-order valence-corrected chi connectivity index (χ2v) is 6.66. The normalized spacial score (nSPS) is 22.2. The molecule has 1 unspecified atom stereocenters. The van der Waals surface area contributed by atoms with Gasteiger partial charge in [-0.1, -0.05) is 25.0 Å². The van der Waals surface area contributed by atoms with E-state index in [1.807, 2.05) is 0 Å². The fourth-order valence-electron chi connectivity index (χ4n) is 3.80. The minimum atomic E-state index is 0.611. The Labute approximate surface area is 123 Å². The van der Waals surface area contributed by atoms with E-state index in [1.165, 1.54) is 62.9 Å². The van der Waals surface area contributed by atoms with Gasteiger partial charge in [0.25, 0.3) is 0 Å². The summed E-state index contributed by atoms with van der Waals surface area (Å²) in [6, 6.07) is 9.65. The minimum Gasteiger partial charge on any atom is -0.382 e. The van der Waals surface area contributed by atoms with Crippen molar-refractivity contribution >= 4 is 5.69 Å². The average Bonchev–Trinajstić information content (AvgIpc) is 3.12. The summed E-state index contributed by atoms with van der Waals surface area (Å²) in [6.45, 7) is 6.02. The van der Waals surface area contributed by atoms with Crippen molar-refractivity contribution in [2.24, 2.45) is 5.92 Å². The van der Waals surface area contributed by atoms with Gasteiger partial charge in [0.1, 0.15) is 0 Å². The third-order valence-electron chi connectivity index (χ3n) is 5.03. The van der Waals surface area contributed by atoms with Gasteiger partial charge in [0, 0.05) is 18.3 Å². The topological polar surface area (TPSA) is 15.3 Å². The number of hydrogen-bond acceptors (Lipinski definition) is 2. The van der Waals surface area contributed by atoms with Crippen LogP contribution >= 0.6 is 0 Å². The standard InChI is InChI=1S/C18H28N2/c1-15(17-8-2-3-9-17)19-18-10-6-7-16(13-18)14-20-11-4-5-12-20/h6-7,10,13,15,17,19H,2-5,8-9,11-12,14H2,1H3. The van der Waals surface area contributed by atoms with Gasteiger partial charge in [0.05, 0.1) is 0 Å². The molecule has 2 fully saturated rings. The summed E-state index contributed by atoms with van der Waals surface area (Å²) < 4.78 is 0. The van der Waals surface area contributed by atoms with Crippen LogP contribution in [0.4, 0.5) is 5.69 Å². The molecule has 0 radical (unpaired) electrons. The Morgan fingerprint density at radius 1 is 1.15 bits per heavy atom. The van der Waals surface area contributed by atoms with Gasteiger partial charge < -0.3 is 5.32 Å². The van der Waals surface area contributed by atoms with Crippen LogP contribution < -0.4 is 5.32 Å². The summed E-state index contributed by atoms with van der Waals surface area (Å²) in [5.74, 6) is 0.872. The summed E-state index contributed by atoms with van der Waals surface area (Å²) >= 11 is 0. The number of anilines is 1. The molecule has 110 valence electrons. The van der Waals surface area contributed by atoms with Crippen molar-refractivity contribution in [1.82, 2.24) is 4.90 Å². The lowest BCUT2D eigenvalue weighted by atomic mass is 9.99. The van der Waals surface area contributed by atoms with Crippen LogP contribution in [-0.2, 0) is 6.54 Å². The van der Waals surface area contributed by atoms with Crippen LogP contribution in [-0.4, -0.2) is 24.0 Å². The lowest BCUT2D eigenvalue weighted by Gasteiger charge is -2.22. The molecule has 1 aliphatic heterocycles. The maximum absolute atomic E-state index is 3.73. The fourth-order valence-corrected chi connectivity index (χ4v) is 3.80. The van der Waals surface area contributed by atoms with Crippen molar-refractivity contribution in [1.29, 1.82) is 0 Å². The van der Waals surface area contributed by atoms with Crippen molar-refractivity contribution < 1.29 is 0 Å². The third kappa shape index (κ3) is 3.54. The summed E-state index contributed by atoms with van der Waals surface area (Å²) in [4.78, 5) is 2.57. The van der Waals surface area contributed by atoms with Gasteiger partial charge in [-0.3, -0.25) is 4.90 Å². The average molecular weight is 272 g/mol. The Morgan fingerprint density at radius 3 is 2.65 bits per heavy atom. The predicted octanol–water partition coefficient (Wildman–Crippen LogP) is 4.27. The van der Waals surface area contributed by atoms with Gasteiger partial charge in [-0.15, -0.1) is 0 Å². The van der Waals surface area contributed by atoms with E-state index in [9.17, 15) is 0 Å².